The molecule has 1 saturated heterocycles. The lowest BCUT2D eigenvalue weighted by atomic mass is 10.0. The van der Waals surface area contributed by atoms with E-state index in [1.165, 1.54) is 12.1 Å². The highest BCUT2D eigenvalue weighted by Gasteiger charge is 2.19. The Kier molecular flexibility index (Phi) is 7.00. The molecule has 1 amide bonds. The molecule has 1 unspecified atom stereocenters. The number of aliphatic hydroxyl groups is 1. The van der Waals surface area contributed by atoms with Gasteiger partial charge in [0.25, 0.3) is 5.91 Å². The summed E-state index contributed by atoms with van der Waals surface area (Å²) in [7, 11) is 0. The predicted octanol–water partition coefficient (Wildman–Crippen LogP) is 2.89. The number of hydrogen-bond acceptors (Lipinski definition) is 7. The predicted molar refractivity (Wildman–Crippen MR) is 125 cm³/mol. The highest BCUT2D eigenvalue weighted by Crippen LogP contribution is 2.28. The Bertz CT molecular complexity index is 1130. The number of ether oxygens (including phenoxy) is 1. The van der Waals surface area contributed by atoms with E-state index < -0.39 is 6.10 Å². The minimum atomic E-state index is -0.654. The van der Waals surface area contributed by atoms with Crippen molar-refractivity contribution in [3.63, 3.8) is 0 Å². The fourth-order valence-corrected chi connectivity index (χ4v) is 3.79. The van der Waals surface area contributed by atoms with Gasteiger partial charge >= 0.3 is 0 Å². The normalized spacial score (nSPS) is 15.8. The van der Waals surface area contributed by atoms with E-state index in [0.717, 1.165) is 24.5 Å². The van der Waals surface area contributed by atoms with Crippen molar-refractivity contribution in [3.05, 3.63) is 59.5 Å². The zero-order valence-electron chi connectivity index (χ0n) is 18.7. The number of halogens is 1. The fraction of sp³-hybridized carbons (Fsp3) is 0.375. The summed E-state index contributed by atoms with van der Waals surface area (Å²) in [5.41, 5.74) is 3.06. The molecule has 3 aromatic rings. The Labute approximate surface area is 191 Å². The number of amides is 1. The molecule has 9 heteroatoms. The monoisotopic (exact) mass is 453 g/mol. The molecule has 0 spiro atoms. The molecule has 0 saturated carbocycles. The van der Waals surface area contributed by atoms with Crippen LogP contribution in [-0.2, 0) is 4.74 Å². The summed E-state index contributed by atoms with van der Waals surface area (Å²) in [6.45, 7) is 6.40. The minimum absolute atomic E-state index is 0.144. The number of rotatable bonds is 7. The van der Waals surface area contributed by atoms with Crippen molar-refractivity contribution in [2.75, 3.05) is 43.1 Å². The Morgan fingerprint density at radius 3 is 2.76 bits per heavy atom. The maximum atomic E-state index is 13.7. The number of nitrogens with one attached hydrogen (secondary N) is 2. The standard InChI is InChI=1S/C24H28FN5O3/c1-15(31)13-27-24(32)17-10-20(16(2)28-19-5-3-4-18(25)12-19)23-21(11-17)26-14-22(29-23)30-6-8-33-9-7-30/h3-5,10-12,14-16,28,31H,6-9,13H2,1-2H3,(H,27,32)/t15-,16?/m1/s1. The Balaban J connectivity index is 1.73. The number of benzene rings is 2. The maximum Gasteiger partial charge on any atom is 0.251 e. The molecule has 1 aromatic heterocycles. The molecule has 0 radical (unpaired) electrons. The van der Waals surface area contributed by atoms with Crippen molar-refractivity contribution in [3.8, 4) is 0 Å². The first-order valence-electron chi connectivity index (χ1n) is 11.0. The van der Waals surface area contributed by atoms with Crippen molar-refractivity contribution in [1.29, 1.82) is 0 Å². The summed E-state index contributed by atoms with van der Waals surface area (Å²) in [5, 5.41) is 15.5. The molecule has 0 bridgehead atoms. The van der Waals surface area contributed by atoms with Crippen LogP contribution in [0, 0.1) is 5.82 Å². The Morgan fingerprint density at radius 1 is 1.24 bits per heavy atom. The molecule has 2 aromatic carbocycles. The van der Waals surface area contributed by atoms with Crippen molar-refractivity contribution in [2.24, 2.45) is 0 Å². The van der Waals surface area contributed by atoms with Gasteiger partial charge in [-0.15, -0.1) is 0 Å². The van der Waals surface area contributed by atoms with Crippen LogP contribution in [0.25, 0.3) is 11.0 Å². The van der Waals surface area contributed by atoms with Crippen LogP contribution in [0.3, 0.4) is 0 Å². The van der Waals surface area contributed by atoms with Crippen molar-refractivity contribution < 1.29 is 19.0 Å². The number of fused-ring (bicyclic) bond motifs is 1. The van der Waals surface area contributed by atoms with Gasteiger partial charge in [-0.25, -0.2) is 9.37 Å². The van der Waals surface area contributed by atoms with E-state index in [4.69, 9.17) is 9.72 Å². The molecule has 174 valence electrons. The molecule has 3 N–H and O–H groups in total. The lowest BCUT2D eigenvalue weighted by Crippen LogP contribution is -2.36. The smallest absolute Gasteiger partial charge is 0.251 e. The van der Waals surface area contributed by atoms with Crippen LogP contribution in [0.15, 0.2) is 42.6 Å². The van der Waals surface area contributed by atoms with Crippen LogP contribution in [0.2, 0.25) is 0 Å². The third-order valence-electron chi connectivity index (χ3n) is 5.49. The van der Waals surface area contributed by atoms with Crippen LogP contribution in [0.4, 0.5) is 15.9 Å². The SMILES string of the molecule is CC(Nc1cccc(F)c1)c1cc(C(=O)NC[C@@H](C)O)cc2ncc(N3CCOCC3)nc12. The first kappa shape index (κ1) is 22.9. The van der Waals surface area contributed by atoms with Crippen LogP contribution in [0.1, 0.15) is 35.8 Å². The molecule has 0 aliphatic carbocycles. The van der Waals surface area contributed by atoms with E-state index in [1.54, 1.807) is 37.4 Å². The quantitative estimate of drug-likeness (QED) is 0.506. The van der Waals surface area contributed by atoms with Crippen LogP contribution < -0.4 is 15.5 Å². The van der Waals surface area contributed by atoms with Gasteiger partial charge in [0.1, 0.15) is 11.6 Å². The van der Waals surface area contributed by atoms with Gasteiger partial charge in [0.2, 0.25) is 0 Å². The zero-order valence-corrected chi connectivity index (χ0v) is 18.7. The van der Waals surface area contributed by atoms with Crippen molar-refractivity contribution in [1.82, 2.24) is 15.3 Å². The number of aromatic nitrogens is 2. The zero-order chi connectivity index (χ0) is 23.4. The van der Waals surface area contributed by atoms with E-state index in [0.29, 0.717) is 35.5 Å². The van der Waals surface area contributed by atoms with Crippen LogP contribution in [0.5, 0.6) is 0 Å². The first-order chi connectivity index (χ1) is 15.9. The van der Waals surface area contributed by atoms with Crippen LogP contribution in [-0.4, -0.2) is 59.9 Å². The van der Waals surface area contributed by atoms with Gasteiger partial charge in [0.15, 0.2) is 0 Å². The van der Waals surface area contributed by atoms with Gasteiger partial charge in [0.05, 0.1) is 42.6 Å². The molecule has 2 heterocycles. The molecular weight excluding hydrogens is 425 g/mol. The Hall–Kier alpha value is -3.30. The molecule has 4 rings (SSSR count). The molecular formula is C24H28FN5O3. The van der Waals surface area contributed by atoms with Gasteiger partial charge < -0.3 is 25.4 Å². The third-order valence-corrected chi connectivity index (χ3v) is 5.49. The van der Waals surface area contributed by atoms with E-state index in [9.17, 15) is 14.3 Å². The number of hydrogen-bond donors (Lipinski definition) is 3. The summed E-state index contributed by atoms with van der Waals surface area (Å²) in [6, 6.07) is 9.41. The average Bonchev–Trinajstić information content (AvgIpc) is 2.82. The van der Waals surface area contributed by atoms with Gasteiger partial charge in [-0.3, -0.25) is 9.78 Å². The van der Waals surface area contributed by atoms with Gasteiger partial charge in [-0.1, -0.05) is 6.07 Å². The molecule has 1 aliphatic rings. The second-order valence-corrected chi connectivity index (χ2v) is 8.20. The topological polar surface area (TPSA) is 99.6 Å². The first-order valence-corrected chi connectivity index (χ1v) is 11.0. The molecule has 2 atom stereocenters. The largest absolute Gasteiger partial charge is 0.392 e. The second-order valence-electron chi connectivity index (χ2n) is 8.20. The minimum Gasteiger partial charge on any atom is -0.392 e. The third kappa shape index (κ3) is 5.55. The average molecular weight is 454 g/mol. The number of morpholine rings is 1. The number of carbonyl (C=O) groups excluding carboxylic acids is 1. The summed E-state index contributed by atoms with van der Waals surface area (Å²) < 4.78 is 19.1. The summed E-state index contributed by atoms with van der Waals surface area (Å²) in [6.07, 6.45) is 1.05. The number of aliphatic hydroxyl groups excluding tert-OH is 1. The lowest BCUT2D eigenvalue weighted by Gasteiger charge is -2.28. The summed E-state index contributed by atoms with van der Waals surface area (Å²) in [4.78, 5) is 24.3. The van der Waals surface area contributed by atoms with Gasteiger partial charge in [0, 0.05) is 36.4 Å². The van der Waals surface area contributed by atoms with Crippen LogP contribution >= 0.6 is 0 Å². The van der Waals surface area contributed by atoms with E-state index in [2.05, 4.69) is 20.5 Å². The fourth-order valence-electron chi connectivity index (χ4n) is 3.79. The van der Waals surface area contributed by atoms with E-state index >= 15 is 0 Å². The van der Waals surface area contributed by atoms with Gasteiger partial charge in [-0.2, -0.15) is 0 Å². The van der Waals surface area contributed by atoms with E-state index in [-0.39, 0.29) is 24.3 Å². The highest BCUT2D eigenvalue weighted by atomic mass is 19.1. The van der Waals surface area contributed by atoms with Crippen molar-refractivity contribution in [2.45, 2.75) is 26.0 Å². The number of anilines is 2. The molecule has 1 fully saturated rings. The molecule has 1 aliphatic heterocycles. The summed E-state index contributed by atoms with van der Waals surface area (Å²) in [5.74, 6) is 0.102. The molecule has 8 nitrogen and oxygen atoms in total. The van der Waals surface area contributed by atoms with E-state index in [1.807, 2.05) is 6.92 Å². The Morgan fingerprint density at radius 2 is 2.03 bits per heavy atom. The molecule has 33 heavy (non-hydrogen) atoms. The van der Waals surface area contributed by atoms with Gasteiger partial charge in [-0.05, 0) is 44.2 Å². The maximum absolute atomic E-state index is 13.7. The number of carbonyl (C=O) groups is 1. The lowest BCUT2D eigenvalue weighted by molar-refractivity contribution is 0.0924. The summed E-state index contributed by atoms with van der Waals surface area (Å²) >= 11 is 0. The second kappa shape index (κ2) is 10.1. The number of nitrogens with zero attached hydrogens (tertiary/aromatic N) is 3. The van der Waals surface area contributed by atoms with Crippen molar-refractivity contribution >= 4 is 28.4 Å². The highest BCUT2D eigenvalue weighted by molar-refractivity contribution is 5.98.